The van der Waals surface area contributed by atoms with Crippen LogP contribution >= 0.6 is 23.2 Å². The van der Waals surface area contributed by atoms with Crippen LogP contribution in [-0.4, -0.2) is 53.0 Å². The largest absolute Gasteiger partial charge is 0.353 e. The van der Waals surface area contributed by atoms with Crippen LogP contribution in [0.25, 0.3) is 0 Å². The summed E-state index contributed by atoms with van der Waals surface area (Å²) in [7, 11) is 2.01. The first-order valence-electron chi connectivity index (χ1n) is 7.60. The van der Waals surface area contributed by atoms with Gasteiger partial charge in [0.15, 0.2) is 0 Å². The van der Waals surface area contributed by atoms with Crippen LogP contribution in [0, 0.1) is 10.1 Å². The maximum absolute atomic E-state index is 11.7. The van der Waals surface area contributed by atoms with E-state index < -0.39 is 4.92 Å². The van der Waals surface area contributed by atoms with Gasteiger partial charge in [0.05, 0.1) is 15.6 Å². The maximum atomic E-state index is 11.7. The molecule has 1 aliphatic rings. The number of nitrogens with one attached hydrogen (secondary N) is 1. The molecule has 10 heteroatoms. The lowest BCUT2D eigenvalue weighted by Crippen LogP contribution is -2.45. The Morgan fingerprint density at radius 2 is 1.92 bits per heavy atom. The number of anilines is 3. The normalized spacial score (nSPS) is 15.2. The van der Waals surface area contributed by atoms with Crippen molar-refractivity contribution in [3.8, 4) is 0 Å². The molecule has 0 amide bonds. The van der Waals surface area contributed by atoms with Crippen LogP contribution in [-0.2, 0) is 0 Å². The summed E-state index contributed by atoms with van der Waals surface area (Å²) in [4.78, 5) is 23.4. The fraction of sp³-hybridized carbons (Fsp3) is 0.333. The molecule has 0 aliphatic carbocycles. The number of hydrogen-bond donors (Lipinski definition) is 1. The van der Waals surface area contributed by atoms with E-state index in [0.717, 1.165) is 13.1 Å². The number of hydrogen-bond acceptors (Lipinski definition) is 7. The molecule has 0 bridgehead atoms. The van der Waals surface area contributed by atoms with Gasteiger partial charge < -0.3 is 15.1 Å². The molecule has 1 aromatic heterocycles. The van der Waals surface area contributed by atoms with Crippen LogP contribution in [0.4, 0.5) is 23.0 Å². The van der Waals surface area contributed by atoms with Crippen molar-refractivity contribution in [2.45, 2.75) is 0 Å². The van der Waals surface area contributed by atoms with E-state index in [9.17, 15) is 10.1 Å². The van der Waals surface area contributed by atoms with Crippen molar-refractivity contribution >= 4 is 46.2 Å². The second kappa shape index (κ2) is 7.38. The first kappa shape index (κ1) is 17.7. The molecule has 1 saturated heterocycles. The number of benzene rings is 1. The molecule has 0 radical (unpaired) electrons. The van der Waals surface area contributed by atoms with E-state index in [1.165, 1.54) is 6.33 Å². The summed E-state index contributed by atoms with van der Waals surface area (Å²) in [5.74, 6) is 0.381. The number of aromatic nitrogens is 2. The number of piperazine rings is 1. The second-order valence-corrected chi connectivity index (χ2v) is 6.53. The molecular weight excluding hydrogens is 367 g/mol. The predicted octanol–water partition coefficient (Wildman–Crippen LogP) is 3.19. The van der Waals surface area contributed by atoms with E-state index in [0.29, 0.717) is 34.6 Å². The average molecular weight is 383 g/mol. The van der Waals surface area contributed by atoms with Crippen molar-refractivity contribution in [3.63, 3.8) is 0 Å². The molecule has 1 aromatic carbocycles. The smallest absolute Gasteiger partial charge is 0.348 e. The van der Waals surface area contributed by atoms with Crippen LogP contribution in [0.15, 0.2) is 24.5 Å². The number of nitro groups is 1. The Bertz CT molecular complexity index is 796. The molecule has 25 heavy (non-hydrogen) atoms. The van der Waals surface area contributed by atoms with Crippen molar-refractivity contribution in [2.24, 2.45) is 0 Å². The molecule has 8 nitrogen and oxygen atoms in total. The van der Waals surface area contributed by atoms with Gasteiger partial charge in [0.2, 0.25) is 11.6 Å². The molecule has 0 unspecified atom stereocenters. The Morgan fingerprint density at radius 1 is 1.20 bits per heavy atom. The fourth-order valence-corrected chi connectivity index (χ4v) is 2.94. The SMILES string of the molecule is CN1CCN(c2ncnc(Nc3cc(Cl)ccc3Cl)c2[N+](=O)[O-])CC1. The van der Waals surface area contributed by atoms with Crippen LogP contribution in [0.2, 0.25) is 10.0 Å². The zero-order valence-electron chi connectivity index (χ0n) is 13.4. The Balaban J connectivity index is 1.98. The second-order valence-electron chi connectivity index (χ2n) is 5.69. The molecule has 0 spiro atoms. The third kappa shape index (κ3) is 3.92. The average Bonchev–Trinajstić information content (AvgIpc) is 2.58. The molecular formula is C15H16Cl2N6O2. The van der Waals surface area contributed by atoms with Gasteiger partial charge in [-0.05, 0) is 25.2 Å². The van der Waals surface area contributed by atoms with Crippen molar-refractivity contribution < 1.29 is 4.92 Å². The Labute approximate surface area is 154 Å². The van der Waals surface area contributed by atoms with Crippen molar-refractivity contribution in [1.82, 2.24) is 14.9 Å². The van der Waals surface area contributed by atoms with E-state index in [1.807, 2.05) is 11.9 Å². The minimum Gasteiger partial charge on any atom is -0.348 e. The summed E-state index contributed by atoms with van der Waals surface area (Å²) in [6.07, 6.45) is 1.31. The van der Waals surface area contributed by atoms with E-state index in [2.05, 4.69) is 20.2 Å². The molecule has 0 saturated carbocycles. The van der Waals surface area contributed by atoms with Crippen LogP contribution in [0.1, 0.15) is 0 Å². The number of halogens is 2. The number of nitrogens with zero attached hydrogens (tertiary/aromatic N) is 5. The molecule has 1 N–H and O–H groups in total. The zero-order valence-corrected chi connectivity index (χ0v) is 15.0. The first-order chi connectivity index (χ1) is 12.0. The number of rotatable bonds is 4. The molecule has 2 aromatic rings. The van der Waals surface area contributed by atoms with Gasteiger partial charge in [-0.2, -0.15) is 0 Å². The van der Waals surface area contributed by atoms with Gasteiger partial charge in [0.25, 0.3) is 0 Å². The standard InChI is InChI=1S/C15H16Cl2N6O2/c1-21-4-6-22(7-5-21)15-13(23(24)25)14(18-9-19-15)20-12-8-10(16)2-3-11(12)17/h2-3,8-9H,4-7H2,1H3,(H,18,19,20). The van der Waals surface area contributed by atoms with Gasteiger partial charge in [-0.3, -0.25) is 10.1 Å². The molecule has 0 atom stereocenters. The van der Waals surface area contributed by atoms with Gasteiger partial charge in [0.1, 0.15) is 6.33 Å². The highest BCUT2D eigenvalue weighted by Crippen LogP contribution is 2.36. The highest BCUT2D eigenvalue weighted by molar-refractivity contribution is 6.35. The van der Waals surface area contributed by atoms with E-state index in [4.69, 9.17) is 23.2 Å². The molecule has 2 heterocycles. The van der Waals surface area contributed by atoms with E-state index >= 15 is 0 Å². The lowest BCUT2D eigenvalue weighted by Gasteiger charge is -2.32. The minimum absolute atomic E-state index is 0.0816. The monoisotopic (exact) mass is 382 g/mol. The topological polar surface area (TPSA) is 87.4 Å². The third-order valence-corrected chi connectivity index (χ3v) is 4.53. The fourth-order valence-electron chi connectivity index (χ4n) is 2.60. The zero-order chi connectivity index (χ0) is 18.0. The summed E-state index contributed by atoms with van der Waals surface area (Å²) in [6, 6.07) is 4.84. The van der Waals surface area contributed by atoms with Crippen LogP contribution in [0.5, 0.6) is 0 Å². The Kier molecular flexibility index (Phi) is 5.22. The van der Waals surface area contributed by atoms with Crippen LogP contribution < -0.4 is 10.2 Å². The quantitative estimate of drug-likeness (QED) is 0.641. The summed E-state index contributed by atoms with van der Waals surface area (Å²) in [5.41, 5.74) is 0.267. The van der Waals surface area contributed by atoms with E-state index in [-0.39, 0.29) is 11.5 Å². The first-order valence-corrected chi connectivity index (χ1v) is 8.36. The maximum Gasteiger partial charge on any atom is 0.353 e. The summed E-state index contributed by atoms with van der Waals surface area (Å²) in [5, 5.41) is 15.4. The van der Waals surface area contributed by atoms with Crippen molar-refractivity contribution in [1.29, 1.82) is 0 Å². The number of likely N-dealkylation sites (N-methyl/N-ethyl adjacent to an activating group) is 1. The highest BCUT2D eigenvalue weighted by Gasteiger charge is 2.29. The Morgan fingerprint density at radius 3 is 2.60 bits per heavy atom. The van der Waals surface area contributed by atoms with Gasteiger partial charge in [-0.15, -0.1) is 0 Å². The van der Waals surface area contributed by atoms with E-state index in [1.54, 1.807) is 18.2 Å². The van der Waals surface area contributed by atoms with Gasteiger partial charge in [0, 0.05) is 31.2 Å². The summed E-state index contributed by atoms with van der Waals surface area (Å²) >= 11 is 12.1. The molecule has 1 fully saturated rings. The Hall–Kier alpha value is -2.16. The van der Waals surface area contributed by atoms with Crippen molar-refractivity contribution in [3.05, 3.63) is 44.7 Å². The van der Waals surface area contributed by atoms with Gasteiger partial charge >= 0.3 is 5.69 Å². The molecule has 132 valence electrons. The summed E-state index contributed by atoms with van der Waals surface area (Å²) in [6.45, 7) is 2.94. The van der Waals surface area contributed by atoms with Crippen LogP contribution in [0.3, 0.4) is 0 Å². The van der Waals surface area contributed by atoms with Crippen molar-refractivity contribution in [2.75, 3.05) is 43.4 Å². The summed E-state index contributed by atoms with van der Waals surface area (Å²) < 4.78 is 0. The predicted molar refractivity (Wildman–Crippen MR) is 98.1 cm³/mol. The van der Waals surface area contributed by atoms with Gasteiger partial charge in [-0.1, -0.05) is 23.2 Å². The lowest BCUT2D eigenvalue weighted by atomic mass is 10.3. The molecule has 1 aliphatic heterocycles. The van der Waals surface area contributed by atoms with Gasteiger partial charge in [-0.25, -0.2) is 9.97 Å². The lowest BCUT2D eigenvalue weighted by molar-refractivity contribution is -0.383. The highest BCUT2D eigenvalue weighted by atomic mass is 35.5. The molecule has 3 rings (SSSR count). The minimum atomic E-state index is -0.478. The third-order valence-electron chi connectivity index (χ3n) is 3.97.